The summed E-state index contributed by atoms with van der Waals surface area (Å²) in [6, 6.07) is 11.3. The number of halogens is 1. The molecule has 0 spiro atoms. The molecule has 2 heterocycles. The van der Waals surface area contributed by atoms with Gasteiger partial charge >= 0.3 is 0 Å². The number of aromatic nitrogens is 2. The van der Waals surface area contributed by atoms with E-state index in [2.05, 4.69) is 9.88 Å². The number of nitrogens with zero attached hydrogens (tertiary/aromatic N) is 4. The third kappa shape index (κ3) is 4.13. The monoisotopic (exact) mass is 460 g/mol. The van der Waals surface area contributed by atoms with Gasteiger partial charge in [0, 0.05) is 6.54 Å². The van der Waals surface area contributed by atoms with Crippen LogP contribution in [0.1, 0.15) is 16.2 Å². The summed E-state index contributed by atoms with van der Waals surface area (Å²) in [6.07, 6.45) is 0.810. The average Bonchev–Trinajstić information content (AvgIpc) is 3.36. The highest BCUT2D eigenvalue weighted by molar-refractivity contribution is 7.23. The largest absolute Gasteiger partial charge is 0.494 e. The fourth-order valence-corrected chi connectivity index (χ4v) is 5.32. The molecule has 0 atom stereocenters. The van der Waals surface area contributed by atoms with Gasteiger partial charge in [0.2, 0.25) is 0 Å². The lowest BCUT2D eigenvalue weighted by molar-refractivity contribution is 0.0986. The van der Waals surface area contributed by atoms with Crippen molar-refractivity contribution in [2.45, 2.75) is 6.42 Å². The number of thiazole rings is 2. The van der Waals surface area contributed by atoms with Crippen molar-refractivity contribution in [2.24, 2.45) is 0 Å². The van der Waals surface area contributed by atoms with Crippen molar-refractivity contribution in [3.63, 3.8) is 0 Å². The topological polar surface area (TPSA) is 58.6 Å². The number of methoxy groups -OCH3 is 1. The molecule has 0 saturated heterocycles. The number of hydrogen-bond acceptors (Lipinski definition) is 7. The van der Waals surface area contributed by atoms with E-state index in [1.165, 1.54) is 22.7 Å². The van der Waals surface area contributed by atoms with Crippen molar-refractivity contribution in [1.82, 2.24) is 14.9 Å². The fraction of sp³-hybridized carbons (Fsp3) is 0.286. The number of rotatable bonds is 7. The first-order valence-electron chi connectivity index (χ1n) is 9.43. The lowest BCUT2D eigenvalue weighted by atomic mass is 10.3. The second-order valence-electron chi connectivity index (χ2n) is 7.02. The van der Waals surface area contributed by atoms with E-state index < -0.39 is 0 Å². The van der Waals surface area contributed by atoms with Crippen molar-refractivity contribution in [1.29, 1.82) is 0 Å². The number of hydrogen-bond donors (Lipinski definition) is 0. The minimum absolute atomic E-state index is 0.149. The Bertz CT molecular complexity index is 1170. The number of fused-ring (bicyclic) bond motifs is 2. The second kappa shape index (κ2) is 8.85. The van der Waals surface area contributed by atoms with E-state index in [0.29, 0.717) is 33.0 Å². The quantitative estimate of drug-likeness (QED) is 0.381. The molecule has 0 N–H and O–H groups in total. The molecule has 2 aromatic carbocycles. The summed E-state index contributed by atoms with van der Waals surface area (Å²) in [6.45, 7) is 1.39. The Balaban J connectivity index is 1.74. The zero-order chi connectivity index (χ0) is 21.3. The van der Waals surface area contributed by atoms with Crippen LogP contribution in [0.4, 0.5) is 5.13 Å². The van der Waals surface area contributed by atoms with Crippen molar-refractivity contribution in [2.75, 3.05) is 39.2 Å². The van der Waals surface area contributed by atoms with Crippen LogP contribution >= 0.6 is 34.3 Å². The van der Waals surface area contributed by atoms with E-state index in [1.807, 2.05) is 38.4 Å². The Hall–Kier alpha value is -2.26. The van der Waals surface area contributed by atoms with E-state index in [9.17, 15) is 4.79 Å². The molecule has 156 valence electrons. The van der Waals surface area contributed by atoms with Gasteiger partial charge in [-0.2, -0.15) is 0 Å². The molecule has 0 saturated carbocycles. The van der Waals surface area contributed by atoms with E-state index >= 15 is 0 Å². The predicted molar refractivity (Wildman–Crippen MR) is 126 cm³/mol. The van der Waals surface area contributed by atoms with Crippen molar-refractivity contribution in [3.05, 3.63) is 46.4 Å². The maximum atomic E-state index is 13.5. The first-order valence-corrected chi connectivity index (χ1v) is 11.4. The van der Waals surface area contributed by atoms with Crippen LogP contribution in [0.15, 0.2) is 36.4 Å². The minimum Gasteiger partial charge on any atom is -0.494 e. The first kappa shape index (κ1) is 21.0. The molecule has 0 unspecified atom stereocenters. The molecule has 0 aliphatic heterocycles. The van der Waals surface area contributed by atoms with Crippen LogP contribution in [0.3, 0.4) is 0 Å². The zero-order valence-electron chi connectivity index (χ0n) is 16.9. The van der Waals surface area contributed by atoms with Gasteiger partial charge in [0.1, 0.15) is 11.3 Å². The standard InChI is InChI=1S/C21H21ClN4O2S2/c1-25(2)11-6-12-26(20(27)19-23-14-7-4-5-8-16(14)29-19)21-24-17-15(28-3)10-9-13(22)18(17)30-21/h4-5,7-10H,6,11-12H2,1-3H3. The molecular formula is C21H21ClN4O2S2. The molecule has 6 nitrogen and oxygen atoms in total. The second-order valence-corrected chi connectivity index (χ2v) is 9.44. The number of amides is 1. The van der Waals surface area contributed by atoms with Crippen LogP contribution < -0.4 is 9.64 Å². The number of carbonyl (C=O) groups excluding carboxylic acids is 1. The van der Waals surface area contributed by atoms with Crippen LogP contribution in [0.25, 0.3) is 20.4 Å². The highest BCUT2D eigenvalue weighted by Crippen LogP contribution is 2.39. The fourth-order valence-electron chi connectivity index (χ4n) is 3.13. The smallest absolute Gasteiger partial charge is 0.289 e. The van der Waals surface area contributed by atoms with Crippen molar-refractivity contribution >= 4 is 65.7 Å². The van der Waals surface area contributed by atoms with E-state index in [0.717, 1.165) is 27.9 Å². The summed E-state index contributed by atoms with van der Waals surface area (Å²) in [7, 11) is 5.63. The molecule has 0 fully saturated rings. The van der Waals surface area contributed by atoms with E-state index in [4.69, 9.17) is 21.3 Å². The predicted octanol–water partition coefficient (Wildman–Crippen LogP) is 5.17. The Morgan fingerprint density at radius 1 is 1.10 bits per heavy atom. The zero-order valence-corrected chi connectivity index (χ0v) is 19.3. The first-order chi connectivity index (χ1) is 14.5. The minimum atomic E-state index is -0.149. The normalized spacial score (nSPS) is 11.5. The Labute approximate surface area is 187 Å². The maximum absolute atomic E-state index is 13.5. The van der Waals surface area contributed by atoms with Crippen LogP contribution in [0.2, 0.25) is 5.02 Å². The molecule has 1 amide bonds. The third-order valence-electron chi connectivity index (χ3n) is 4.61. The molecule has 0 aliphatic carbocycles. The van der Waals surface area contributed by atoms with Gasteiger partial charge in [0.15, 0.2) is 10.1 Å². The summed E-state index contributed by atoms with van der Waals surface area (Å²) >= 11 is 9.19. The lowest BCUT2D eigenvalue weighted by Gasteiger charge is -2.19. The number of anilines is 1. The van der Waals surface area contributed by atoms with Gasteiger partial charge < -0.3 is 9.64 Å². The van der Waals surface area contributed by atoms with Crippen molar-refractivity contribution < 1.29 is 9.53 Å². The molecule has 4 aromatic rings. The summed E-state index contributed by atoms with van der Waals surface area (Å²) in [4.78, 5) is 26.5. The van der Waals surface area contributed by atoms with Crippen LogP contribution in [-0.4, -0.2) is 55.1 Å². The Morgan fingerprint density at radius 2 is 1.90 bits per heavy atom. The van der Waals surface area contributed by atoms with Gasteiger partial charge in [0.25, 0.3) is 5.91 Å². The third-order valence-corrected chi connectivity index (χ3v) is 7.17. The molecule has 30 heavy (non-hydrogen) atoms. The lowest BCUT2D eigenvalue weighted by Crippen LogP contribution is -2.33. The molecule has 0 radical (unpaired) electrons. The van der Waals surface area contributed by atoms with Gasteiger partial charge in [-0.1, -0.05) is 35.1 Å². The van der Waals surface area contributed by atoms with Gasteiger partial charge in [-0.05, 0) is 51.3 Å². The number of ether oxygens (including phenoxy) is 1. The number of carbonyl (C=O) groups is 1. The van der Waals surface area contributed by atoms with Gasteiger partial charge in [0.05, 0.1) is 27.0 Å². The van der Waals surface area contributed by atoms with Gasteiger partial charge in [-0.25, -0.2) is 9.97 Å². The average molecular weight is 461 g/mol. The van der Waals surface area contributed by atoms with E-state index in [1.54, 1.807) is 24.1 Å². The molecular weight excluding hydrogens is 440 g/mol. The summed E-state index contributed by atoms with van der Waals surface area (Å²) in [5.41, 5.74) is 1.49. The highest BCUT2D eigenvalue weighted by Gasteiger charge is 2.25. The SMILES string of the molecule is COc1ccc(Cl)c2sc(N(CCCN(C)C)C(=O)c3nc4ccccc4s3)nc12. The summed E-state index contributed by atoms with van der Waals surface area (Å²) < 4.78 is 7.23. The van der Waals surface area contributed by atoms with Crippen LogP contribution in [0.5, 0.6) is 5.75 Å². The number of para-hydroxylation sites is 1. The molecule has 4 rings (SSSR count). The Kier molecular flexibility index (Phi) is 6.19. The molecule has 0 aliphatic rings. The van der Waals surface area contributed by atoms with Crippen LogP contribution in [-0.2, 0) is 0 Å². The summed E-state index contributed by atoms with van der Waals surface area (Å²) in [5, 5.41) is 1.65. The molecule has 9 heteroatoms. The highest BCUT2D eigenvalue weighted by atomic mass is 35.5. The molecule has 0 bridgehead atoms. The van der Waals surface area contributed by atoms with Crippen molar-refractivity contribution in [3.8, 4) is 5.75 Å². The van der Waals surface area contributed by atoms with Gasteiger partial charge in [-0.3, -0.25) is 9.69 Å². The molecule has 2 aromatic heterocycles. The van der Waals surface area contributed by atoms with Gasteiger partial charge in [-0.15, -0.1) is 11.3 Å². The van der Waals surface area contributed by atoms with E-state index in [-0.39, 0.29) is 5.91 Å². The summed E-state index contributed by atoms with van der Waals surface area (Å²) in [5.74, 6) is 0.488. The number of benzene rings is 2. The van der Waals surface area contributed by atoms with Crippen LogP contribution in [0, 0.1) is 0 Å². The Morgan fingerprint density at radius 3 is 2.63 bits per heavy atom. The maximum Gasteiger partial charge on any atom is 0.289 e.